The number of piperidine rings is 1. The molecule has 2 heterocycles. The maximum atomic E-state index is 12.0. The molecule has 3 unspecified atom stereocenters. The molecule has 0 aromatic heterocycles. The van der Waals surface area contributed by atoms with Crippen LogP contribution in [0.25, 0.3) is 0 Å². The van der Waals surface area contributed by atoms with E-state index < -0.39 is 0 Å². The van der Waals surface area contributed by atoms with E-state index in [-0.39, 0.29) is 18.9 Å². The molecule has 3 N–H and O–H groups in total. The number of nitrogens with one attached hydrogen (secondary N) is 2. The minimum absolute atomic E-state index is 0.0596. The highest BCUT2D eigenvalue weighted by Gasteiger charge is 2.37. The zero-order chi connectivity index (χ0) is 15.4. The first kappa shape index (κ1) is 15.5. The second-order valence-electron chi connectivity index (χ2n) is 6.28. The minimum atomic E-state index is -0.0596. The predicted molar refractivity (Wildman–Crippen MR) is 85.1 cm³/mol. The van der Waals surface area contributed by atoms with Crippen molar-refractivity contribution in [3.8, 4) is 0 Å². The summed E-state index contributed by atoms with van der Waals surface area (Å²) in [4.78, 5) is 14.0. The summed E-state index contributed by atoms with van der Waals surface area (Å²) in [5.41, 5.74) is 8.07. The quantitative estimate of drug-likeness (QED) is 0.772. The van der Waals surface area contributed by atoms with E-state index in [2.05, 4.69) is 35.1 Å². The molecule has 1 amide bonds. The molecule has 1 aromatic rings. The van der Waals surface area contributed by atoms with Gasteiger partial charge in [0.15, 0.2) is 0 Å². The Bertz CT molecular complexity index is 494. The Balaban J connectivity index is 1.68. The monoisotopic (exact) mass is 303 g/mol. The molecule has 0 aliphatic carbocycles. The van der Waals surface area contributed by atoms with Gasteiger partial charge in [0.25, 0.3) is 0 Å². The van der Waals surface area contributed by atoms with Crippen molar-refractivity contribution in [1.29, 1.82) is 0 Å². The maximum Gasteiger partial charge on any atom is 0.224 e. The Kier molecular flexibility index (Phi) is 5.08. The number of hydrazine groups is 1. The number of amides is 1. The van der Waals surface area contributed by atoms with E-state index in [9.17, 15) is 4.79 Å². The highest BCUT2D eigenvalue weighted by Crippen LogP contribution is 2.31. The van der Waals surface area contributed by atoms with E-state index >= 15 is 0 Å². The molecule has 0 spiro atoms. The number of hydrogen-bond acceptors (Lipinski definition) is 4. The SMILES string of the molecule is O=C(CCO)N1CCCC(C2NNCC2c2ccccc2)C1. The first-order valence-corrected chi connectivity index (χ1v) is 8.21. The van der Waals surface area contributed by atoms with E-state index in [4.69, 9.17) is 5.11 Å². The van der Waals surface area contributed by atoms with Gasteiger partial charge < -0.3 is 10.0 Å². The summed E-state index contributed by atoms with van der Waals surface area (Å²) in [7, 11) is 0. The Hall–Kier alpha value is -1.43. The molecule has 3 atom stereocenters. The predicted octanol–water partition coefficient (Wildman–Crippen LogP) is 0.868. The molecular formula is C17H25N3O2. The van der Waals surface area contributed by atoms with Crippen molar-refractivity contribution in [2.45, 2.75) is 31.2 Å². The summed E-state index contributed by atoms with van der Waals surface area (Å²) >= 11 is 0. The second-order valence-corrected chi connectivity index (χ2v) is 6.28. The third kappa shape index (κ3) is 3.32. The molecule has 2 saturated heterocycles. The lowest BCUT2D eigenvalue weighted by molar-refractivity contribution is -0.133. The summed E-state index contributed by atoms with van der Waals surface area (Å²) in [5.74, 6) is 0.977. The van der Waals surface area contributed by atoms with E-state index in [1.165, 1.54) is 5.56 Å². The number of carbonyl (C=O) groups is 1. The fraction of sp³-hybridized carbons (Fsp3) is 0.588. The zero-order valence-corrected chi connectivity index (χ0v) is 12.9. The normalized spacial score (nSPS) is 28.8. The largest absolute Gasteiger partial charge is 0.396 e. The van der Waals surface area contributed by atoms with Gasteiger partial charge in [-0.15, -0.1) is 0 Å². The minimum Gasteiger partial charge on any atom is -0.396 e. The molecule has 2 aliphatic rings. The highest BCUT2D eigenvalue weighted by atomic mass is 16.3. The molecule has 3 rings (SSSR count). The molecule has 2 aliphatic heterocycles. The van der Waals surface area contributed by atoms with E-state index in [1.54, 1.807) is 0 Å². The smallest absolute Gasteiger partial charge is 0.224 e. The van der Waals surface area contributed by atoms with Gasteiger partial charge in [-0.25, -0.2) is 0 Å². The van der Waals surface area contributed by atoms with Crippen LogP contribution in [0.1, 0.15) is 30.7 Å². The molecule has 0 radical (unpaired) electrons. The first-order chi connectivity index (χ1) is 10.8. The van der Waals surface area contributed by atoms with Crippen LogP contribution in [-0.4, -0.2) is 48.2 Å². The van der Waals surface area contributed by atoms with Crippen LogP contribution >= 0.6 is 0 Å². The van der Waals surface area contributed by atoms with Gasteiger partial charge in [0.1, 0.15) is 0 Å². The second kappa shape index (κ2) is 7.22. The summed E-state index contributed by atoms with van der Waals surface area (Å²) in [6, 6.07) is 10.9. The van der Waals surface area contributed by atoms with E-state index in [0.717, 1.165) is 32.5 Å². The Morgan fingerprint density at radius 2 is 2.14 bits per heavy atom. The van der Waals surface area contributed by atoms with Gasteiger partial charge in [0, 0.05) is 38.0 Å². The Morgan fingerprint density at radius 3 is 2.91 bits per heavy atom. The molecule has 120 valence electrons. The average Bonchev–Trinajstić information content (AvgIpc) is 3.06. The Labute approximate surface area is 131 Å². The maximum absolute atomic E-state index is 12.0. The number of likely N-dealkylation sites (tertiary alicyclic amines) is 1. The molecular weight excluding hydrogens is 278 g/mol. The van der Waals surface area contributed by atoms with Crippen molar-refractivity contribution in [1.82, 2.24) is 15.8 Å². The van der Waals surface area contributed by atoms with Crippen molar-refractivity contribution in [2.75, 3.05) is 26.2 Å². The van der Waals surface area contributed by atoms with Gasteiger partial charge in [-0.05, 0) is 24.3 Å². The van der Waals surface area contributed by atoms with Crippen molar-refractivity contribution < 1.29 is 9.90 Å². The Morgan fingerprint density at radius 1 is 1.32 bits per heavy atom. The van der Waals surface area contributed by atoms with Crippen molar-refractivity contribution >= 4 is 5.91 Å². The number of hydrogen-bond donors (Lipinski definition) is 3. The third-order valence-electron chi connectivity index (χ3n) is 4.90. The molecule has 0 saturated carbocycles. The lowest BCUT2D eigenvalue weighted by atomic mass is 9.81. The molecule has 5 nitrogen and oxygen atoms in total. The fourth-order valence-electron chi connectivity index (χ4n) is 3.77. The number of rotatable bonds is 4. The topological polar surface area (TPSA) is 64.6 Å². The third-order valence-corrected chi connectivity index (χ3v) is 4.90. The van der Waals surface area contributed by atoms with Crippen LogP contribution in [0.2, 0.25) is 0 Å². The van der Waals surface area contributed by atoms with Crippen LogP contribution < -0.4 is 10.9 Å². The number of carbonyl (C=O) groups excluding carboxylic acids is 1. The number of aliphatic hydroxyl groups is 1. The summed E-state index contributed by atoms with van der Waals surface area (Å²) in [6.45, 7) is 2.48. The van der Waals surface area contributed by atoms with Crippen LogP contribution in [0.3, 0.4) is 0 Å². The number of nitrogens with zero attached hydrogens (tertiary/aromatic N) is 1. The van der Waals surface area contributed by atoms with Gasteiger partial charge >= 0.3 is 0 Å². The molecule has 1 aromatic carbocycles. The van der Waals surface area contributed by atoms with E-state index in [0.29, 0.717) is 17.9 Å². The summed E-state index contributed by atoms with van der Waals surface area (Å²) in [5, 5.41) is 8.97. The number of aliphatic hydroxyl groups excluding tert-OH is 1. The van der Waals surface area contributed by atoms with Crippen LogP contribution in [0.5, 0.6) is 0 Å². The zero-order valence-electron chi connectivity index (χ0n) is 12.9. The average molecular weight is 303 g/mol. The molecule has 22 heavy (non-hydrogen) atoms. The van der Waals surface area contributed by atoms with Crippen LogP contribution in [0.4, 0.5) is 0 Å². The lowest BCUT2D eigenvalue weighted by Gasteiger charge is -2.37. The van der Waals surface area contributed by atoms with Gasteiger partial charge in [-0.1, -0.05) is 30.3 Å². The standard InChI is InChI=1S/C17H25N3O2/c21-10-8-16(22)20-9-4-7-14(12-20)17-15(11-18-19-17)13-5-2-1-3-6-13/h1-3,5-6,14-15,17-19,21H,4,7-12H2. The van der Waals surface area contributed by atoms with Crippen molar-refractivity contribution in [3.05, 3.63) is 35.9 Å². The van der Waals surface area contributed by atoms with Crippen molar-refractivity contribution in [3.63, 3.8) is 0 Å². The number of benzene rings is 1. The van der Waals surface area contributed by atoms with E-state index in [1.807, 2.05) is 11.0 Å². The first-order valence-electron chi connectivity index (χ1n) is 8.21. The van der Waals surface area contributed by atoms with Crippen molar-refractivity contribution in [2.24, 2.45) is 5.92 Å². The van der Waals surface area contributed by atoms with Crippen LogP contribution in [0, 0.1) is 5.92 Å². The lowest BCUT2D eigenvalue weighted by Crippen LogP contribution is -2.48. The van der Waals surface area contributed by atoms with Gasteiger partial charge in [0.2, 0.25) is 5.91 Å². The van der Waals surface area contributed by atoms with Gasteiger partial charge in [-0.3, -0.25) is 15.6 Å². The summed E-state index contributed by atoms with van der Waals surface area (Å²) in [6.07, 6.45) is 2.43. The van der Waals surface area contributed by atoms with Gasteiger partial charge in [0.05, 0.1) is 6.61 Å². The molecule has 5 heteroatoms. The molecule has 2 fully saturated rings. The fourth-order valence-corrected chi connectivity index (χ4v) is 3.77. The molecule has 0 bridgehead atoms. The van der Waals surface area contributed by atoms with Crippen LogP contribution in [-0.2, 0) is 4.79 Å². The highest BCUT2D eigenvalue weighted by molar-refractivity contribution is 5.76. The van der Waals surface area contributed by atoms with Crippen LogP contribution in [0.15, 0.2) is 30.3 Å². The summed E-state index contributed by atoms with van der Waals surface area (Å²) < 4.78 is 0. The van der Waals surface area contributed by atoms with Gasteiger partial charge in [-0.2, -0.15) is 0 Å².